The summed E-state index contributed by atoms with van der Waals surface area (Å²) in [5, 5.41) is 0. The van der Waals surface area contributed by atoms with Gasteiger partial charge in [-0.1, -0.05) is 30.0 Å². The van der Waals surface area contributed by atoms with E-state index in [9.17, 15) is 0 Å². The lowest BCUT2D eigenvalue weighted by Crippen LogP contribution is -2.23. The van der Waals surface area contributed by atoms with Gasteiger partial charge < -0.3 is 4.74 Å². The second kappa shape index (κ2) is 5.80. The highest BCUT2D eigenvalue weighted by Gasteiger charge is 2.13. The van der Waals surface area contributed by atoms with Crippen molar-refractivity contribution < 1.29 is 4.74 Å². The standard InChI is InChI=1S/C13H15ClO/c1-13(2,15-11-10-14)9-8-12-6-4-3-5-7-12/h3-7H,10-11H2,1-2H3. The predicted molar refractivity (Wildman–Crippen MR) is 64.1 cm³/mol. The molecule has 0 heterocycles. The van der Waals surface area contributed by atoms with E-state index < -0.39 is 5.60 Å². The fourth-order valence-corrected chi connectivity index (χ4v) is 1.15. The smallest absolute Gasteiger partial charge is 0.123 e. The van der Waals surface area contributed by atoms with Gasteiger partial charge in [-0.2, -0.15) is 0 Å². The van der Waals surface area contributed by atoms with E-state index in [1.54, 1.807) is 0 Å². The van der Waals surface area contributed by atoms with Crippen LogP contribution in [-0.2, 0) is 4.74 Å². The van der Waals surface area contributed by atoms with Crippen LogP contribution in [0.4, 0.5) is 0 Å². The summed E-state index contributed by atoms with van der Waals surface area (Å²) in [4.78, 5) is 0. The molecule has 1 aromatic carbocycles. The predicted octanol–water partition coefficient (Wildman–Crippen LogP) is 3.07. The third-order valence-corrected chi connectivity index (χ3v) is 1.98. The number of benzene rings is 1. The van der Waals surface area contributed by atoms with Crippen LogP contribution in [0.15, 0.2) is 30.3 Å². The van der Waals surface area contributed by atoms with Crippen LogP contribution < -0.4 is 0 Å². The Morgan fingerprint density at radius 2 is 1.93 bits per heavy atom. The summed E-state index contributed by atoms with van der Waals surface area (Å²) in [6.45, 7) is 4.41. The molecule has 0 bridgehead atoms. The van der Waals surface area contributed by atoms with E-state index in [0.717, 1.165) is 5.56 Å². The zero-order chi connectivity index (χ0) is 11.1. The molecule has 80 valence electrons. The van der Waals surface area contributed by atoms with Crippen LogP contribution in [0.3, 0.4) is 0 Å². The molecule has 0 aliphatic rings. The van der Waals surface area contributed by atoms with E-state index in [1.807, 2.05) is 44.2 Å². The van der Waals surface area contributed by atoms with E-state index in [4.69, 9.17) is 16.3 Å². The number of alkyl halides is 1. The van der Waals surface area contributed by atoms with Crippen molar-refractivity contribution in [1.82, 2.24) is 0 Å². The lowest BCUT2D eigenvalue weighted by molar-refractivity contribution is 0.0375. The van der Waals surface area contributed by atoms with Crippen LogP contribution in [0.25, 0.3) is 0 Å². The van der Waals surface area contributed by atoms with Gasteiger partial charge in [-0.05, 0) is 26.0 Å². The zero-order valence-corrected chi connectivity index (χ0v) is 9.84. The molecule has 2 heteroatoms. The molecule has 0 spiro atoms. The fraction of sp³-hybridized carbons (Fsp3) is 0.385. The Hall–Kier alpha value is -0.970. The van der Waals surface area contributed by atoms with E-state index >= 15 is 0 Å². The molecule has 0 N–H and O–H groups in total. The van der Waals surface area contributed by atoms with Crippen molar-refractivity contribution >= 4 is 11.6 Å². The van der Waals surface area contributed by atoms with Crippen molar-refractivity contribution in [3.05, 3.63) is 35.9 Å². The molecule has 0 amide bonds. The summed E-state index contributed by atoms with van der Waals surface area (Å²) in [5.74, 6) is 6.65. The summed E-state index contributed by atoms with van der Waals surface area (Å²) in [5.41, 5.74) is 0.560. The van der Waals surface area contributed by atoms with Gasteiger partial charge in [-0.25, -0.2) is 0 Å². The summed E-state index contributed by atoms with van der Waals surface area (Å²) in [6, 6.07) is 9.86. The average Bonchev–Trinajstić information content (AvgIpc) is 2.25. The monoisotopic (exact) mass is 222 g/mol. The van der Waals surface area contributed by atoms with Gasteiger partial charge in [0, 0.05) is 11.4 Å². The Bertz CT molecular complexity index is 346. The van der Waals surface area contributed by atoms with Gasteiger partial charge in [0.2, 0.25) is 0 Å². The Kier molecular flexibility index (Phi) is 4.68. The molecule has 0 saturated carbocycles. The van der Waals surface area contributed by atoms with Crippen LogP contribution in [-0.4, -0.2) is 18.1 Å². The molecule has 1 rings (SSSR count). The SMILES string of the molecule is CC(C)(C#Cc1ccccc1)OCCCl. The Labute approximate surface area is 96.4 Å². The number of hydrogen-bond acceptors (Lipinski definition) is 1. The minimum atomic E-state index is -0.440. The first-order valence-electron chi connectivity index (χ1n) is 4.92. The fourth-order valence-electron chi connectivity index (χ4n) is 1.07. The maximum Gasteiger partial charge on any atom is 0.123 e. The first-order chi connectivity index (χ1) is 7.14. The highest BCUT2D eigenvalue weighted by molar-refractivity contribution is 6.17. The van der Waals surface area contributed by atoms with Crippen LogP contribution in [0, 0.1) is 11.8 Å². The Balaban J connectivity index is 2.64. The van der Waals surface area contributed by atoms with Crippen molar-refractivity contribution in [1.29, 1.82) is 0 Å². The van der Waals surface area contributed by atoms with Crippen molar-refractivity contribution in [3.8, 4) is 11.8 Å². The molecule has 0 radical (unpaired) electrons. The molecular formula is C13H15ClO. The summed E-state index contributed by atoms with van der Waals surface area (Å²) in [7, 11) is 0. The number of hydrogen-bond donors (Lipinski definition) is 0. The first-order valence-corrected chi connectivity index (χ1v) is 5.46. The largest absolute Gasteiger partial charge is 0.362 e. The van der Waals surface area contributed by atoms with Gasteiger partial charge in [0.05, 0.1) is 6.61 Å². The molecule has 0 fully saturated rings. The van der Waals surface area contributed by atoms with E-state index in [2.05, 4.69) is 11.8 Å². The summed E-state index contributed by atoms with van der Waals surface area (Å²) < 4.78 is 5.49. The quantitative estimate of drug-likeness (QED) is 0.564. The molecule has 0 unspecified atom stereocenters. The van der Waals surface area contributed by atoms with Crippen molar-refractivity contribution in [2.45, 2.75) is 19.4 Å². The van der Waals surface area contributed by atoms with E-state index in [1.165, 1.54) is 0 Å². The van der Waals surface area contributed by atoms with Crippen molar-refractivity contribution in [3.63, 3.8) is 0 Å². The molecule has 0 aliphatic heterocycles. The van der Waals surface area contributed by atoms with Crippen LogP contribution in [0.5, 0.6) is 0 Å². The lowest BCUT2D eigenvalue weighted by Gasteiger charge is -2.17. The summed E-state index contributed by atoms with van der Waals surface area (Å²) in [6.07, 6.45) is 0. The third-order valence-electron chi connectivity index (χ3n) is 1.82. The second-order valence-electron chi connectivity index (χ2n) is 3.66. The minimum absolute atomic E-state index is 0.440. The van der Waals surface area contributed by atoms with Gasteiger partial charge in [-0.15, -0.1) is 11.6 Å². The minimum Gasteiger partial charge on any atom is -0.362 e. The third kappa shape index (κ3) is 4.88. The zero-order valence-electron chi connectivity index (χ0n) is 9.09. The van der Waals surface area contributed by atoms with Crippen LogP contribution in [0.2, 0.25) is 0 Å². The average molecular weight is 223 g/mol. The van der Waals surface area contributed by atoms with E-state index in [-0.39, 0.29) is 0 Å². The molecule has 0 aromatic heterocycles. The van der Waals surface area contributed by atoms with Gasteiger partial charge >= 0.3 is 0 Å². The van der Waals surface area contributed by atoms with Gasteiger partial charge in [0.25, 0.3) is 0 Å². The summed E-state index contributed by atoms with van der Waals surface area (Å²) >= 11 is 5.55. The van der Waals surface area contributed by atoms with Crippen molar-refractivity contribution in [2.24, 2.45) is 0 Å². The number of rotatable bonds is 3. The maximum absolute atomic E-state index is 5.55. The molecule has 15 heavy (non-hydrogen) atoms. The lowest BCUT2D eigenvalue weighted by atomic mass is 10.1. The van der Waals surface area contributed by atoms with Gasteiger partial charge in [0.1, 0.15) is 5.60 Å². The Morgan fingerprint density at radius 1 is 1.27 bits per heavy atom. The topological polar surface area (TPSA) is 9.23 Å². The van der Waals surface area contributed by atoms with Gasteiger partial charge in [0.15, 0.2) is 0 Å². The highest BCUT2D eigenvalue weighted by atomic mass is 35.5. The van der Waals surface area contributed by atoms with Gasteiger partial charge in [-0.3, -0.25) is 0 Å². The maximum atomic E-state index is 5.55. The number of ether oxygens (including phenoxy) is 1. The van der Waals surface area contributed by atoms with Crippen LogP contribution in [0.1, 0.15) is 19.4 Å². The van der Waals surface area contributed by atoms with Crippen LogP contribution >= 0.6 is 11.6 Å². The molecule has 1 aromatic rings. The highest BCUT2D eigenvalue weighted by Crippen LogP contribution is 2.08. The normalized spacial score (nSPS) is 10.6. The second-order valence-corrected chi connectivity index (χ2v) is 4.04. The molecular weight excluding hydrogens is 208 g/mol. The first kappa shape index (κ1) is 12.1. The molecule has 0 atom stereocenters. The molecule has 0 aliphatic carbocycles. The van der Waals surface area contributed by atoms with Crippen molar-refractivity contribution in [2.75, 3.05) is 12.5 Å². The number of halogens is 1. The van der Waals surface area contributed by atoms with E-state index in [0.29, 0.717) is 12.5 Å². The molecule has 0 saturated heterocycles. The molecule has 1 nitrogen and oxygen atoms in total. The Morgan fingerprint density at radius 3 is 2.53 bits per heavy atom.